The van der Waals surface area contributed by atoms with Gasteiger partial charge >= 0.3 is 0 Å². The van der Waals surface area contributed by atoms with Gasteiger partial charge in [-0.25, -0.2) is 0 Å². The molecular weight excluding hydrogens is 235 g/mol. The van der Waals surface area contributed by atoms with Crippen molar-refractivity contribution < 1.29 is 13.0 Å². The highest BCUT2D eigenvalue weighted by Gasteiger charge is 1.98. The van der Waals surface area contributed by atoms with Crippen molar-refractivity contribution in [1.29, 1.82) is 10.5 Å². The van der Waals surface area contributed by atoms with E-state index in [0.717, 1.165) is 12.8 Å². The molecule has 1 unspecified atom stereocenters. The third-order valence-corrected chi connectivity index (χ3v) is 2.66. The predicted molar refractivity (Wildman–Crippen MR) is 60.7 cm³/mol. The summed E-state index contributed by atoms with van der Waals surface area (Å²) in [6.07, 6.45) is 3.29. The van der Waals surface area contributed by atoms with E-state index < -0.39 is 10.1 Å². The summed E-state index contributed by atoms with van der Waals surface area (Å²) in [6.45, 7) is 0. The standard InChI is InChI=1S/C6H8N2.C2H7O3PS/c7-5-3-1-2-4-6-8;3-7(4,5)2-1-6/h1-4H2;1-2,6H2,(H,3,4,5). The number of nitrogens with zero attached hydrogens (tertiary/aromatic N) is 2. The molecule has 0 aliphatic rings. The molecule has 0 radical (unpaired) electrons. The van der Waals surface area contributed by atoms with E-state index in [9.17, 15) is 8.42 Å². The molecule has 0 aromatic heterocycles. The Balaban J connectivity index is 0. The van der Waals surface area contributed by atoms with Crippen molar-refractivity contribution in [2.75, 3.05) is 11.9 Å². The molecule has 5 nitrogen and oxygen atoms in total. The highest BCUT2D eigenvalue weighted by atomic mass is 32.2. The predicted octanol–water partition coefficient (Wildman–Crippen LogP) is 1.34. The van der Waals surface area contributed by atoms with Crippen molar-refractivity contribution in [3.05, 3.63) is 0 Å². The number of rotatable bonds is 5. The molecule has 7 heteroatoms. The van der Waals surface area contributed by atoms with Crippen LogP contribution in [0.2, 0.25) is 0 Å². The SMILES string of the molecule is N#CCCCCC#N.O=S(=O)(O)CCP. The lowest BCUT2D eigenvalue weighted by Gasteiger charge is -1.85. The Kier molecular flexibility index (Phi) is 12.7. The van der Waals surface area contributed by atoms with Crippen LogP contribution in [-0.4, -0.2) is 24.9 Å². The van der Waals surface area contributed by atoms with E-state index in [-0.39, 0.29) is 5.75 Å². The van der Waals surface area contributed by atoms with Gasteiger partial charge in [-0.3, -0.25) is 4.55 Å². The minimum absolute atomic E-state index is 0.169. The Labute approximate surface area is 93.0 Å². The normalized spacial score (nSPS) is 9.33. The molecule has 0 aromatic carbocycles. The molecule has 0 aliphatic heterocycles. The fourth-order valence-electron chi connectivity index (χ4n) is 0.557. The number of nitriles is 2. The molecule has 0 heterocycles. The summed E-state index contributed by atoms with van der Waals surface area (Å²) in [5.74, 6) is -0.169. The van der Waals surface area contributed by atoms with Crippen molar-refractivity contribution in [3.8, 4) is 12.1 Å². The fraction of sp³-hybridized carbons (Fsp3) is 0.750. The van der Waals surface area contributed by atoms with Gasteiger partial charge in [0, 0.05) is 12.8 Å². The van der Waals surface area contributed by atoms with Gasteiger partial charge in [0.25, 0.3) is 10.1 Å². The van der Waals surface area contributed by atoms with E-state index in [4.69, 9.17) is 15.1 Å². The summed E-state index contributed by atoms with van der Waals surface area (Å²) in [6, 6.07) is 4.03. The first-order valence-electron chi connectivity index (χ1n) is 4.37. The van der Waals surface area contributed by atoms with Crippen LogP contribution in [0, 0.1) is 22.7 Å². The Hall–Kier alpha value is -0.680. The highest BCUT2D eigenvalue weighted by molar-refractivity contribution is 7.86. The quantitative estimate of drug-likeness (QED) is 0.450. The molecule has 0 aliphatic carbocycles. The second kappa shape index (κ2) is 11.4. The number of hydrogen-bond acceptors (Lipinski definition) is 4. The average molecular weight is 250 g/mol. The van der Waals surface area contributed by atoms with Crippen molar-refractivity contribution in [1.82, 2.24) is 0 Å². The smallest absolute Gasteiger partial charge is 0.265 e. The van der Waals surface area contributed by atoms with E-state index in [1.165, 1.54) is 0 Å². The molecule has 1 atom stereocenters. The molecule has 0 rings (SSSR count). The van der Waals surface area contributed by atoms with Crippen molar-refractivity contribution in [2.24, 2.45) is 0 Å². The zero-order valence-electron chi connectivity index (χ0n) is 8.39. The molecule has 0 amide bonds. The van der Waals surface area contributed by atoms with Crippen LogP contribution >= 0.6 is 9.24 Å². The summed E-state index contributed by atoms with van der Waals surface area (Å²) in [4.78, 5) is 0. The molecular formula is C8H15N2O3PS. The topological polar surface area (TPSA) is 102 Å². The maximum absolute atomic E-state index is 9.77. The summed E-state index contributed by atoms with van der Waals surface area (Å²) < 4.78 is 27.5. The monoisotopic (exact) mass is 250 g/mol. The lowest BCUT2D eigenvalue weighted by atomic mass is 10.2. The van der Waals surface area contributed by atoms with E-state index in [0.29, 0.717) is 19.0 Å². The summed E-state index contributed by atoms with van der Waals surface area (Å²) >= 11 is 0. The van der Waals surface area contributed by atoms with Crippen LogP contribution in [-0.2, 0) is 10.1 Å². The van der Waals surface area contributed by atoms with Crippen LogP contribution in [0.15, 0.2) is 0 Å². The summed E-state index contributed by atoms with van der Waals surface area (Å²) in [7, 11) is -1.49. The van der Waals surface area contributed by atoms with E-state index in [1.54, 1.807) is 0 Å². The van der Waals surface area contributed by atoms with Crippen molar-refractivity contribution >= 4 is 19.4 Å². The largest absolute Gasteiger partial charge is 0.286 e. The molecule has 15 heavy (non-hydrogen) atoms. The van der Waals surface area contributed by atoms with Gasteiger partial charge in [-0.05, 0) is 19.0 Å². The van der Waals surface area contributed by atoms with Gasteiger partial charge in [-0.15, -0.1) is 9.24 Å². The summed E-state index contributed by atoms with van der Waals surface area (Å²) in [5.41, 5.74) is 0. The maximum Gasteiger partial charge on any atom is 0.265 e. The molecule has 0 saturated carbocycles. The molecule has 0 aromatic rings. The minimum Gasteiger partial charge on any atom is -0.286 e. The van der Waals surface area contributed by atoms with Crippen LogP contribution in [0.1, 0.15) is 25.7 Å². The van der Waals surface area contributed by atoms with Gasteiger partial charge in [-0.1, -0.05) is 0 Å². The molecule has 1 N–H and O–H groups in total. The van der Waals surface area contributed by atoms with Gasteiger partial charge in [-0.2, -0.15) is 18.9 Å². The van der Waals surface area contributed by atoms with Gasteiger partial charge in [0.15, 0.2) is 0 Å². The maximum atomic E-state index is 9.77. The van der Waals surface area contributed by atoms with Crippen LogP contribution in [0.3, 0.4) is 0 Å². The second-order valence-electron chi connectivity index (χ2n) is 2.60. The van der Waals surface area contributed by atoms with Crippen LogP contribution in [0.25, 0.3) is 0 Å². The number of hydrogen-bond donors (Lipinski definition) is 1. The van der Waals surface area contributed by atoms with Crippen LogP contribution < -0.4 is 0 Å². The lowest BCUT2D eigenvalue weighted by Crippen LogP contribution is -2.03. The molecule has 0 bridgehead atoms. The fourth-order valence-corrected chi connectivity index (χ4v) is 1.75. The first-order valence-corrected chi connectivity index (χ1v) is 6.79. The molecule has 0 spiro atoms. The van der Waals surface area contributed by atoms with Gasteiger partial charge < -0.3 is 0 Å². The molecule has 0 fully saturated rings. The van der Waals surface area contributed by atoms with Gasteiger partial charge in [0.2, 0.25) is 0 Å². The Morgan fingerprint density at radius 3 is 1.67 bits per heavy atom. The van der Waals surface area contributed by atoms with E-state index in [1.807, 2.05) is 12.1 Å². The van der Waals surface area contributed by atoms with Gasteiger partial charge in [0.1, 0.15) is 0 Å². The van der Waals surface area contributed by atoms with E-state index in [2.05, 4.69) is 9.24 Å². The first kappa shape index (κ1) is 16.7. The third-order valence-electron chi connectivity index (χ3n) is 1.20. The molecule has 0 saturated heterocycles. The Morgan fingerprint density at radius 2 is 1.53 bits per heavy atom. The Bertz CT molecular complexity index is 300. The number of unbranched alkanes of at least 4 members (excludes halogenated alkanes) is 3. The van der Waals surface area contributed by atoms with Crippen molar-refractivity contribution in [2.45, 2.75) is 25.7 Å². The van der Waals surface area contributed by atoms with Crippen molar-refractivity contribution in [3.63, 3.8) is 0 Å². The highest BCUT2D eigenvalue weighted by Crippen LogP contribution is 1.95. The average Bonchev–Trinajstić information content (AvgIpc) is 2.12. The summed E-state index contributed by atoms with van der Waals surface area (Å²) in [5, 5.41) is 16.1. The van der Waals surface area contributed by atoms with E-state index >= 15 is 0 Å². The second-order valence-corrected chi connectivity index (χ2v) is 4.75. The zero-order chi connectivity index (χ0) is 12.2. The zero-order valence-corrected chi connectivity index (χ0v) is 10.4. The Morgan fingerprint density at radius 1 is 1.13 bits per heavy atom. The minimum atomic E-state index is -3.70. The van der Waals surface area contributed by atoms with Gasteiger partial charge in [0.05, 0.1) is 17.9 Å². The lowest BCUT2D eigenvalue weighted by molar-refractivity contribution is 0.485. The van der Waals surface area contributed by atoms with Crippen LogP contribution in [0.4, 0.5) is 0 Å². The van der Waals surface area contributed by atoms with Crippen LogP contribution in [0.5, 0.6) is 0 Å². The first-order chi connectivity index (χ1) is 6.97. The molecule has 86 valence electrons. The third kappa shape index (κ3) is 24.7.